The number of hydrogen-bond acceptors (Lipinski definition) is 6. The average Bonchev–Trinajstić information content (AvgIpc) is 2.72. The molecule has 6 nitrogen and oxygen atoms in total. The summed E-state index contributed by atoms with van der Waals surface area (Å²) in [6.07, 6.45) is -4.56. The lowest BCUT2D eigenvalue weighted by Gasteiger charge is -2.21. The first-order valence-electron chi connectivity index (χ1n) is 9.90. The van der Waals surface area contributed by atoms with Crippen LogP contribution in [0.15, 0.2) is 33.5 Å². The zero-order valence-corrected chi connectivity index (χ0v) is 17.5. The molecular weight excluding hydrogens is 429 g/mol. The van der Waals surface area contributed by atoms with Crippen molar-refractivity contribution >= 4 is 16.9 Å². The monoisotopic (exact) mass is 448 g/mol. The second-order valence-electron chi connectivity index (χ2n) is 7.35. The van der Waals surface area contributed by atoms with E-state index in [4.69, 9.17) is 18.6 Å². The van der Waals surface area contributed by atoms with Gasteiger partial charge in [-0.2, -0.15) is 13.2 Å². The Hall–Kier alpha value is -3.49. The zero-order chi connectivity index (χ0) is 23.2. The Morgan fingerprint density at radius 3 is 2.34 bits per heavy atom. The predicted molar refractivity (Wildman–Crippen MR) is 109 cm³/mol. The number of carbonyl (C=O) groups is 1. The number of aryl methyl sites for hydroxylation is 2. The van der Waals surface area contributed by atoms with E-state index in [1.54, 1.807) is 13.8 Å². The van der Waals surface area contributed by atoms with Crippen LogP contribution in [0.5, 0.6) is 17.2 Å². The predicted octanol–water partition coefficient (Wildman–Crippen LogP) is 5.05. The van der Waals surface area contributed by atoms with Crippen molar-refractivity contribution in [3.63, 3.8) is 0 Å². The molecule has 1 aromatic heterocycles. The highest BCUT2D eigenvalue weighted by Crippen LogP contribution is 2.42. The summed E-state index contributed by atoms with van der Waals surface area (Å²) in [4.78, 5) is 24.8. The molecule has 0 aliphatic carbocycles. The Morgan fingerprint density at radius 1 is 1.09 bits per heavy atom. The van der Waals surface area contributed by atoms with E-state index in [1.807, 2.05) is 0 Å². The van der Waals surface area contributed by atoms with Crippen LogP contribution in [0.1, 0.15) is 30.7 Å². The fraction of sp³-hybridized carbons (Fsp3) is 0.304. The molecule has 4 rings (SSSR count). The SMILES string of the molecule is CCc1cc2c(=O)c(-c3cc4c(cc3C)OCCO4)c(C(F)(F)F)oc2cc1OC(C)=O. The third-order valence-electron chi connectivity index (χ3n) is 5.12. The first kappa shape index (κ1) is 21.7. The summed E-state index contributed by atoms with van der Waals surface area (Å²) in [5.74, 6) is -1.37. The van der Waals surface area contributed by atoms with Gasteiger partial charge in [0, 0.05) is 13.0 Å². The molecule has 3 aromatic rings. The van der Waals surface area contributed by atoms with E-state index in [-0.39, 0.29) is 34.6 Å². The number of rotatable bonds is 3. The van der Waals surface area contributed by atoms with Gasteiger partial charge in [0.05, 0.1) is 10.9 Å². The van der Waals surface area contributed by atoms with E-state index in [2.05, 4.69) is 0 Å². The van der Waals surface area contributed by atoms with Crippen LogP contribution in [0.2, 0.25) is 0 Å². The Kier molecular flexibility index (Phi) is 5.36. The quantitative estimate of drug-likeness (QED) is 0.413. The van der Waals surface area contributed by atoms with Crippen molar-refractivity contribution < 1.29 is 36.6 Å². The van der Waals surface area contributed by atoms with Gasteiger partial charge in [-0.15, -0.1) is 0 Å². The summed E-state index contributed by atoms with van der Waals surface area (Å²) < 4.78 is 63.3. The van der Waals surface area contributed by atoms with Gasteiger partial charge < -0.3 is 18.6 Å². The maximum Gasteiger partial charge on any atom is 0.450 e. The lowest BCUT2D eigenvalue weighted by molar-refractivity contribution is -0.152. The standard InChI is InChI=1S/C23H19F3O6/c1-4-13-8-15-17(10-16(13)31-12(3)27)32-22(23(24,25)26)20(21(15)28)14-9-19-18(7-11(14)2)29-5-6-30-19/h7-10H,4-6H2,1-3H3. The molecule has 0 atom stereocenters. The van der Waals surface area contributed by atoms with Gasteiger partial charge in [-0.1, -0.05) is 6.92 Å². The van der Waals surface area contributed by atoms with E-state index in [9.17, 15) is 22.8 Å². The number of hydrogen-bond donors (Lipinski definition) is 0. The van der Waals surface area contributed by atoms with E-state index >= 15 is 0 Å². The van der Waals surface area contributed by atoms with Crippen molar-refractivity contribution in [2.24, 2.45) is 0 Å². The molecule has 0 unspecified atom stereocenters. The van der Waals surface area contributed by atoms with Gasteiger partial charge in [-0.05, 0) is 48.2 Å². The second-order valence-corrected chi connectivity index (χ2v) is 7.35. The van der Waals surface area contributed by atoms with Crippen LogP contribution in [0.4, 0.5) is 13.2 Å². The minimum atomic E-state index is -4.95. The highest BCUT2D eigenvalue weighted by Gasteiger charge is 2.40. The molecule has 0 spiro atoms. The number of halogens is 3. The molecule has 0 saturated carbocycles. The normalized spacial score (nSPS) is 13.3. The van der Waals surface area contributed by atoms with Gasteiger partial charge in [0.25, 0.3) is 0 Å². The number of fused-ring (bicyclic) bond motifs is 2. The largest absolute Gasteiger partial charge is 0.486 e. The summed E-state index contributed by atoms with van der Waals surface area (Å²) in [6.45, 7) is 5.09. The van der Waals surface area contributed by atoms with E-state index < -0.39 is 28.9 Å². The summed E-state index contributed by atoms with van der Waals surface area (Å²) >= 11 is 0. The Balaban J connectivity index is 2.05. The number of esters is 1. The van der Waals surface area contributed by atoms with Crippen molar-refractivity contribution in [2.45, 2.75) is 33.4 Å². The van der Waals surface area contributed by atoms with Gasteiger partial charge in [-0.3, -0.25) is 9.59 Å². The molecule has 1 aliphatic rings. The van der Waals surface area contributed by atoms with Crippen molar-refractivity contribution in [3.8, 4) is 28.4 Å². The van der Waals surface area contributed by atoms with E-state index in [1.165, 1.54) is 25.1 Å². The lowest BCUT2D eigenvalue weighted by atomic mass is 9.96. The zero-order valence-electron chi connectivity index (χ0n) is 17.5. The highest BCUT2D eigenvalue weighted by molar-refractivity contribution is 5.87. The third kappa shape index (κ3) is 3.79. The van der Waals surface area contributed by atoms with Crippen LogP contribution < -0.4 is 19.6 Å². The molecular formula is C23H19F3O6. The molecule has 2 aromatic carbocycles. The minimum absolute atomic E-state index is 0.0411. The van der Waals surface area contributed by atoms with E-state index in [0.29, 0.717) is 29.9 Å². The number of carbonyl (C=O) groups excluding carboxylic acids is 1. The van der Waals surface area contributed by atoms with Crippen LogP contribution in [-0.2, 0) is 17.4 Å². The molecule has 9 heteroatoms. The summed E-state index contributed by atoms with van der Waals surface area (Å²) in [6, 6.07) is 5.45. The van der Waals surface area contributed by atoms with Crippen LogP contribution >= 0.6 is 0 Å². The van der Waals surface area contributed by atoms with Crippen molar-refractivity contribution in [2.75, 3.05) is 13.2 Å². The third-order valence-corrected chi connectivity index (χ3v) is 5.12. The molecule has 32 heavy (non-hydrogen) atoms. The van der Waals surface area contributed by atoms with Crippen molar-refractivity contribution in [3.05, 3.63) is 51.4 Å². The van der Waals surface area contributed by atoms with Crippen molar-refractivity contribution in [1.82, 2.24) is 0 Å². The Bertz CT molecular complexity index is 1290. The Morgan fingerprint density at radius 2 is 1.75 bits per heavy atom. The van der Waals surface area contributed by atoms with Gasteiger partial charge in [-0.25, -0.2) is 0 Å². The maximum atomic E-state index is 14.0. The molecule has 0 amide bonds. The highest BCUT2D eigenvalue weighted by atomic mass is 19.4. The summed E-state index contributed by atoms with van der Waals surface area (Å²) in [5, 5.41) is -0.0463. The molecule has 0 N–H and O–H groups in total. The molecule has 0 saturated heterocycles. The molecule has 1 aliphatic heterocycles. The van der Waals surface area contributed by atoms with Gasteiger partial charge >= 0.3 is 12.1 Å². The second kappa shape index (κ2) is 7.89. The number of benzene rings is 2. The topological polar surface area (TPSA) is 75.0 Å². The molecule has 0 bridgehead atoms. The number of ether oxygens (including phenoxy) is 3. The van der Waals surface area contributed by atoms with Gasteiger partial charge in [0.15, 0.2) is 11.5 Å². The van der Waals surface area contributed by atoms with Gasteiger partial charge in [0.2, 0.25) is 11.2 Å². The first-order valence-corrected chi connectivity index (χ1v) is 9.90. The molecule has 2 heterocycles. The number of alkyl halides is 3. The fourth-order valence-corrected chi connectivity index (χ4v) is 3.70. The van der Waals surface area contributed by atoms with Crippen LogP contribution in [0, 0.1) is 6.92 Å². The van der Waals surface area contributed by atoms with Crippen molar-refractivity contribution in [1.29, 1.82) is 0 Å². The van der Waals surface area contributed by atoms with Gasteiger partial charge in [0.1, 0.15) is 24.5 Å². The van der Waals surface area contributed by atoms with Crippen LogP contribution in [-0.4, -0.2) is 19.2 Å². The van der Waals surface area contributed by atoms with Crippen LogP contribution in [0.25, 0.3) is 22.1 Å². The molecule has 0 fully saturated rings. The van der Waals surface area contributed by atoms with Crippen LogP contribution in [0.3, 0.4) is 0 Å². The maximum absolute atomic E-state index is 14.0. The first-order chi connectivity index (χ1) is 15.1. The summed E-state index contributed by atoms with van der Waals surface area (Å²) in [5.41, 5.74) is -0.846. The summed E-state index contributed by atoms with van der Waals surface area (Å²) in [7, 11) is 0. The average molecular weight is 448 g/mol. The fourth-order valence-electron chi connectivity index (χ4n) is 3.70. The smallest absolute Gasteiger partial charge is 0.450 e. The minimum Gasteiger partial charge on any atom is -0.486 e. The Labute approximate surface area is 180 Å². The molecule has 0 radical (unpaired) electrons. The molecule has 168 valence electrons. The van der Waals surface area contributed by atoms with E-state index in [0.717, 1.165) is 6.07 Å². The lowest BCUT2D eigenvalue weighted by Crippen LogP contribution is -2.18.